The van der Waals surface area contributed by atoms with Gasteiger partial charge in [0.05, 0.1) is 19.9 Å². The SMILES string of the molecule is C=CCc1cc(CNCc2cnc3c(c2)c(C)nn3C)cc(OC)c1OC. The summed E-state index contributed by atoms with van der Waals surface area (Å²) in [5, 5.41) is 8.99. The molecule has 2 heterocycles. The molecule has 0 radical (unpaired) electrons. The minimum Gasteiger partial charge on any atom is -0.493 e. The van der Waals surface area contributed by atoms with Gasteiger partial charge in [0.25, 0.3) is 0 Å². The van der Waals surface area contributed by atoms with Crippen LogP contribution in [0.5, 0.6) is 11.5 Å². The van der Waals surface area contributed by atoms with E-state index in [4.69, 9.17) is 9.47 Å². The van der Waals surface area contributed by atoms with E-state index in [1.165, 1.54) is 0 Å². The smallest absolute Gasteiger partial charge is 0.164 e. The van der Waals surface area contributed by atoms with Crippen LogP contribution in [0.4, 0.5) is 0 Å². The number of pyridine rings is 1. The molecule has 3 aromatic rings. The highest BCUT2D eigenvalue weighted by Gasteiger charge is 2.12. The van der Waals surface area contributed by atoms with Crippen molar-refractivity contribution in [2.24, 2.45) is 7.05 Å². The zero-order valence-electron chi connectivity index (χ0n) is 16.4. The van der Waals surface area contributed by atoms with Crippen LogP contribution in [0.15, 0.2) is 37.1 Å². The zero-order valence-corrected chi connectivity index (χ0v) is 16.4. The lowest BCUT2D eigenvalue weighted by Crippen LogP contribution is -2.13. The molecule has 0 saturated carbocycles. The lowest BCUT2D eigenvalue weighted by atomic mass is 10.1. The van der Waals surface area contributed by atoms with Gasteiger partial charge in [-0.1, -0.05) is 12.1 Å². The molecule has 27 heavy (non-hydrogen) atoms. The van der Waals surface area contributed by atoms with Crippen molar-refractivity contribution >= 4 is 11.0 Å². The molecule has 2 aromatic heterocycles. The summed E-state index contributed by atoms with van der Waals surface area (Å²) in [6, 6.07) is 6.28. The molecule has 1 aromatic carbocycles. The van der Waals surface area contributed by atoms with Crippen LogP contribution in [0.1, 0.15) is 22.4 Å². The van der Waals surface area contributed by atoms with E-state index in [-0.39, 0.29) is 0 Å². The van der Waals surface area contributed by atoms with Crippen LogP contribution in [0.3, 0.4) is 0 Å². The molecule has 0 saturated heterocycles. The van der Waals surface area contributed by atoms with Crippen molar-refractivity contribution in [3.05, 3.63) is 59.4 Å². The third-order valence-electron chi connectivity index (χ3n) is 4.56. The Morgan fingerprint density at radius 3 is 2.63 bits per heavy atom. The van der Waals surface area contributed by atoms with Crippen molar-refractivity contribution in [3.8, 4) is 11.5 Å². The number of fused-ring (bicyclic) bond motifs is 1. The first-order valence-electron chi connectivity index (χ1n) is 8.91. The van der Waals surface area contributed by atoms with E-state index in [2.05, 4.69) is 34.1 Å². The molecule has 0 unspecified atom stereocenters. The molecule has 0 aliphatic rings. The van der Waals surface area contributed by atoms with Crippen molar-refractivity contribution in [2.75, 3.05) is 14.2 Å². The molecule has 0 aliphatic carbocycles. The number of hydrogen-bond acceptors (Lipinski definition) is 5. The quantitative estimate of drug-likeness (QED) is 0.620. The summed E-state index contributed by atoms with van der Waals surface area (Å²) in [6.07, 6.45) is 4.49. The molecule has 6 heteroatoms. The van der Waals surface area contributed by atoms with Gasteiger partial charge in [-0.25, -0.2) is 4.98 Å². The van der Waals surface area contributed by atoms with Gasteiger partial charge in [0.15, 0.2) is 17.1 Å². The zero-order chi connectivity index (χ0) is 19.4. The lowest BCUT2D eigenvalue weighted by molar-refractivity contribution is 0.351. The van der Waals surface area contributed by atoms with Gasteiger partial charge in [-0.15, -0.1) is 6.58 Å². The van der Waals surface area contributed by atoms with Crippen LogP contribution in [0.2, 0.25) is 0 Å². The fourth-order valence-electron chi connectivity index (χ4n) is 3.31. The molecule has 0 aliphatic heterocycles. The molecule has 142 valence electrons. The summed E-state index contributed by atoms with van der Waals surface area (Å²) in [6.45, 7) is 7.27. The highest BCUT2D eigenvalue weighted by molar-refractivity contribution is 5.78. The second-order valence-corrected chi connectivity index (χ2v) is 6.51. The number of allylic oxidation sites excluding steroid dienone is 1. The Labute approximate surface area is 159 Å². The highest BCUT2D eigenvalue weighted by atomic mass is 16.5. The maximum absolute atomic E-state index is 5.49. The van der Waals surface area contributed by atoms with Crippen molar-refractivity contribution < 1.29 is 9.47 Å². The Kier molecular flexibility index (Phi) is 5.76. The van der Waals surface area contributed by atoms with E-state index in [1.54, 1.807) is 14.2 Å². The summed E-state index contributed by atoms with van der Waals surface area (Å²) < 4.78 is 12.8. The number of nitrogens with one attached hydrogen (secondary N) is 1. The van der Waals surface area contributed by atoms with Gasteiger partial charge < -0.3 is 14.8 Å². The van der Waals surface area contributed by atoms with Gasteiger partial charge in [0.1, 0.15) is 0 Å². The molecule has 3 rings (SSSR count). The van der Waals surface area contributed by atoms with E-state index in [9.17, 15) is 0 Å². The second-order valence-electron chi connectivity index (χ2n) is 6.51. The molecular formula is C21H26N4O2. The maximum Gasteiger partial charge on any atom is 0.164 e. The summed E-state index contributed by atoms with van der Waals surface area (Å²) in [5.74, 6) is 1.51. The van der Waals surface area contributed by atoms with Crippen LogP contribution in [0, 0.1) is 6.92 Å². The van der Waals surface area contributed by atoms with Gasteiger partial charge in [-0.2, -0.15) is 5.10 Å². The number of ether oxygens (including phenoxy) is 2. The minimum atomic E-state index is 0.717. The fraction of sp³-hybridized carbons (Fsp3) is 0.333. The number of methoxy groups -OCH3 is 2. The highest BCUT2D eigenvalue weighted by Crippen LogP contribution is 2.33. The minimum absolute atomic E-state index is 0.717. The third-order valence-corrected chi connectivity index (χ3v) is 4.56. The van der Waals surface area contributed by atoms with E-state index < -0.39 is 0 Å². The van der Waals surface area contributed by atoms with E-state index in [0.29, 0.717) is 6.54 Å². The van der Waals surface area contributed by atoms with Gasteiger partial charge in [-0.3, -0.25) is 4.68 Å². The van der Waals surface area contributed by atoms with Crippen molar-refractivity contribution in [1.82, 2.24) is 20.1 Å². The monoisotopic (exact) mass is 366 g/mol. The van der Waals surface area contributed by atoms with E-state index >= 15 is 0 Å². The number of rotatable bonds is 8. The normalized spacial score (nSPS) is 11.0. The number of aryl methyl sites for hydroxylation is 2. The Bertz CT molecular complexity index is 962. The van der Waals surface area contributed by atoms with Gasteiger partial charge in [-0.05, 0) is 36.6 Å². The Morgan fingerprint density at radius 1 is 1.15 bits per heavy atom. The molecular weight excluding hydrogens is 340 g/mol. The average Bonchev–Trinajstić information content (AvgIpc) is 2.95. The summed E-state index contributed by atoms with van der Waals surface area (Å²) in [4.78, 5) is 4.53. The molecule has 0 atom stereocenters. The van der Waals surface area contributed by atoms with Crippen LogP contribution in [-0.4, -0.2) is 29.0 Å². The number of hydrogen-bond donors (Lipinski definition) is 1. The second kappa shape index (κ2) is 8.22. The molecule has 0 spiro atoms. The fourth-order valence-corrected chi connectivity index (χ4v) is 3.31. The van der Waals surface area contributed by atoms with Gasteiger partial charge >= 0.3 is 0 Å². The third kappa shape index (κ3) is 3.95. The predicted octanol–water partition coefficient (Wildman–Crippen LogP) is 3.31. The Balaban J connectivity index is 1.74. The molecule has 1 N–H and O–H groups in total. The number of benzene rings is 1. The van der Waals surface area contributed by atoms with Crippen molar-refractivity contribution in [3.63, 3.8) is 0 Å². The topological polar surface area (TPSA) is 61.2 Å². The number of aromatic nitrogens is 3. The number of nitrogens with zero attached hydrogens (tertiary/aromatic N) is 3. The molecule has 0 amide bonds. The summed E-state index contributed by atoms with van der Waals surface area (Å²) in [7, 11) is 5.23. The standard InChI is InChI=1S/C21H26N4O2/c1-6-7-17-8-15(10-19(26-4)20(17)27-5)11-22-12-16-9-18-14(2)24-25(3)21(18)23-13-16/h6,8-10,13,22H,1,7,11-12H2,2-5H3. The largest absolute Gasteiger partial charge is 0.493 e. The summed E-state index contributed by atoms with van der Waals surface area (Å²) in [5.41, 5.74) is 5.24. The van der Waals surface area contributed by atoms with Gasteiger partial charge in [0.2, 0.25) is 0 Å². The Morgan fingerprint density at radius 2 is 1.93 bits per heavy atom. The first kappa shape index (κ1) is 18.9. The maximum atomic E-state index is 5.49. The summed E-state index contributed by atoms with van der Waals surface area (Å²) >= 11 is 0. The molecule has 0 fully saturated rings. The lowest BCUT2D eigenvalue weighted by Gasteiger charge is -2.15. The van der Waals surface area contributed by atoms with Gasteiger partial charge in [0, 0.05) is 37.3 Å². The van der Waals surface area contributed by atoms with Crippen molar-refractivity contribution in [2.45, 2.75) is 26.4 Å². The molecule has 0 bridgehead atoms. The average molecular weight is 366 g/mol. The van der Waals surface area contributed by atoms with Crippen molar-refractivity contribution in [1.29, 1.82) is 0 Å². The Hall–Kier alpha value is -2.86. The van der Waals surface area contributed by atoms with Crippen LogP contribution >= 0.6 is 0 Å². The van der Waals surface area contributed by atoms with E-state index in [0.717, 1.165) is 57.9 Å². The first-order chi connectivity index (χ1) is 13.1. The van der Waals surface area contributed by atoms with E-state index in [1.807, 2.05) is 37.0 Å². The molecule has 6 nitrogen and oxygen atoms in total. The first-order valence-corrected chi connectivity index (χ1v) is 8.91. The van der Waals surface area contributed by atoms with Crippen LogP contribution in [-0.2, 0) is 26.6 Å². The van der Waals surface area contributed by atoms with Crippen LogP contribution in [0.25, 0.3) is 11.0 Å². The van der Waals surface area contributed by atoms with Crippen LogP contribution < -0.4 is 14.8 Å². The predicted molar refractivity (Wildman–Crippen MR) is 107 cm³/mol.